The lowest BCUT2D eigenvalue weighted by Gasteiger charge is -1.88. The van der Waals surface area contributed by atoms with Crippen molar-refractivity contribution in [2.75, 3.05) is 0 Å². The maximum absolute atomic E-state index is 5.73. The first-order valence-corrected chi connectivity index (χ1v) is 3.36. The summed E-state index contributed by atoms with van der Waals surface area (Å²) in [6.45, 7) is 0. The second kappa shape index (κ2) is 2.03. The molecule has 0 fully saturated rings. The van der Waals surface area contributed by atoms with E-state index in [4.69, 9.17) is 11.8 Å². The molecule has 10 heavy (non-hydrogen) atoms. The summed E-state index contributed by atoms with van der Waals surface area (Å²) in [5.41, 5.74) is 1.00. The van der Waals surface area contributed by atoms with E-state index in [2.05, 4.69) is 6.20 Å². The third-order valence-corrected chi connectivity index (χ3v) is 1.76. The highest BCUT2D eigenvalue weighted by Crippen LogP contribution is 2.14. The Morgan fingerprint density at radius 1 is 1.30 bits per heavy atom. The van der Waals surface area contributed by atoms with E-state index >= 15 is 0 Å². The smallest absolute Gasteiger partial charge is 0.0839 e. The highest BCUT2D eigenvalue weighted by molar-refractivity contribution is 6.18. The van der Waals surface area contributed by atoms with E-state index in [1.807, 2.05) is 30.3 Å². The predicted molar refractivity (Wildman–Crippen MR) is 42.0 cm³/mol. The van der Waals surface area contributed by atoms with Gasteiger partial charge >= 0.3 is 0 Å². The molecule has 0 bridgehead atoms. The third-order valence-electron chi connectivity index (χ3n) is 1.48. The van der Waals surface area contributed by atoms with Crippen LogP contribution in [0.2, 0.25) is 0 Å². The van der Waals surface area contributed by atoms with Gasteiger partial charge in [-0.25, -0.2) is 0 Å². The molecule has 0 N–H and O–H groups in total. The Hall–Kier alpha value is -0.950. The summed E-state index contributed by atoms with van der Waals surface area (Å²) in [6.07, 6.45) is 2.86. The first-order chi connectivity index (χ1) is 4.88. The Labute approximate surface area is 63.9 Å². The van der Waals surface area contributed by atoms with Crippen LogP contribution in [0.5, 0.6) is 0 Å². The second-order valence-corrected chi connectivity index (χ2v) is 2.45. The fourth-order valence-corrected chi connectivity index (χ4v) is 1.19. The van der Waals surface area contributed by atoms with E-state index in [1.54, 1.807) is 0 Å². The fourth-order valence-electron chi connectivity index (χ4n) is 0.984. The van der Waals surface area contributed by atoms with E-state index in [0.717, 1.165) is 10.9 Å². The van der Waals surface area contributed by atoms with E-state index in [1.165, 1.54) is 4.09 Å². The molecule has 0 amide bonds. The molecule has 0 aliphatic carbocycles. The van der Waals surface area contributed by atoms with Crippen molar-refractivity contribution in [1.29, 1.82) is 0 Å². The van der Waals surface area contributed by atoms with Gasteiger partial charge in [0.2, 0.25) is 0 Å². The van der Waals surface area contributed by atoms with Gasteiger partial charge < -0.3 is 0 Å². The van der Waals surface area contributed by atoms with Crippen LogP contribution in [0.4, 0.5) is 0 Å². The Morgan fingerprint density at radius 3 is 2.90 bits per heavy atom. The first kappa shape index (κ1) is 5.81. The minimum Gasteiger partial charge on any atom is -0.251 e. The van der Waals surface area contributed by atoms with Gasteiger partial charge in [0.05, 0.1) is 11.7 Å². The average Bonchev–Trinajstić information content (AvgIpc) is 2.34. The van der Waals surface area contributed by atoms with Gasteiger partial charge in [-0.15, -0.1) is 0 Å². The van der Waals surface area contributed by atoms with Crippen LogP contribution in [-0.2, 0) is 0 Å². The lowest BCUT2D eigenvalue weighted by atomic mass is 10.3. The summed E-state index contributed by atoms with van der Waals surface area (Å²) >= 11 is 5.73. The zero-order valence-electron chi connectivity index (χ0n) is 5.21. The lowest BCUT2D eigenvalue weighted by molar-refractivity contribution is 1.31. The number of halogens is 1. The normalized spacial score (nSPS) is 10.5. The van der Waals surface area contributed by atoms with Crippen LogP contribution in [0.1, 0.15) is 0 Å². The molecular weight excluding hydrogens is 146 g/mol. The molecule has 0 aliphatic rings. The topological polar surface area (TPSA) is 4.93 Å². The van der Waals surface area contributed by atoms with E-state index < -0.39 is 0 Å². The minimum absolute atomic E-state index is 1.00. The monoisotopic (exact) mass is 150 g/mol. The average molecular weight is 151 g/mol. The Kier molecular flexibility index (Phi) is 1.18. The number of aromatic nitrogens is 1. The standard InChI is InChI=1S/C8H5ClN/c9-10-6-5-7-3-1-2-4-8(7)10/h1-5H. The van der Waals surface area contributed by atoms with Crippen LogP contribution in [-0.4, -0.2) is 4.09 Å². The quantitative estimate of drug-likeness (QED) is 0.544. The van der Waals surface area contributed by atoms with Gasteiger partial charge in [0.1, 0.15) is 0 Å². The van der Waals surface area contributed by atoms with Crippen LogP contribution < -0.4 is 0 Å². The summed E-state index contributed by atoms with van der Waals surface area (Å²) in [6, 6.07) is 9.76. The first-order valence-electron chi connectivity index (χ1n) is 3.02. The molecule has 0 unspecified atom stereocenters. The Balaban J connectivity index is 2.93. The molecule has 1 aromatic heterocycles. The summed E-state index contributed by atoms with van der Waals surface area (Å²) in [5, 5.41) is 1.12. The number of hydrogen-bond donors (Lipinski definition) is 0. The van der Waals surface area contributed by atoms with Crippen molar-refractivity contribution in [3.05, 3.63) is 36.5 Å². The molecule has 1 radical (unpaired) electrons. The number of rotatable bonds is 0. The molecule has 2 rings (SSSR count). The molecule has 1 heterocycles. The molecule has 0 saturated carbocycles. The third kappa shape index (κ3) is 0.711. The van der Waals surface area contributed by atoms with Crippen molar-refractivity contribution in [2.24, 2.45) is 0 Å². The minimum atomic E-state index is 1.00. The number of benzene rings is 1. The zero-order valence-corrected chi connectivity index (χ0v) is 5.97. The van der Waals surface area contributed by atoms with Crippen LogP contribution in [0.25, 0.3) is 10.9 Å². The molecule has 49 valence electrons. The Bertz CT molecular complexity index is 351. The molecule has 2 aromatic rings. The number of hydrogen-bond acceptors (Lipinski definition) is 0. The SMILES string of the molecule is Cln1[c]cc2ccccc21. The molecule has 0 aliphatic heterocycles. The van der Waals surface area contributed by atoms with Crippen LogP contribution >= 0.6 is 11.8 Å². The molecule has 0 saturated heterocycles. The van der Waals surface area contributed by atoms with Gasteiger partial charge in [0.15, 0.2) is 0 Å². The Morgan fingerprint density at radius 2 is 2.10 bits per heavy atom. The molecule has 1 nitrogen and oxygen atoms in total. The highest BCUT2D eigenvalue weighted by Gasteiger charge is 1.94. The molecule has 0 spiro atoms. The lowest BCUT2D eigenvalue weighted by Crippen LogP contribution is -1.73. The number of nitrogens with zero attached hydrogens (tertiary/aromatic N) is 1. The predicted octanol–water partition coefficient (Wildman–Crippen LogP) is 2.44. The molecular formula is C8H5ClN. The van der Waals surface area contributed by atoms with E-state index in [0.29, 0.717) is 0 Å². The largest absolute Gasteiger partial charge is 0.251 e. The summed E-state index contributed by atoms with van der Waals surface area (Å²) in [7, 11) is 0. The van der Waals surface area contributed by atoms with Crippen molar-refractivity contribution < 1.29 is 0 Å². The van der Waals surface area contributed by atoms with Crippen molar-refractivity contribution in [1.82, 2.24) is 4.09 Å². The maximum atomic E-state index is 5.73. The summed E-state index contributed by atoms with van der Waals surface area (Å²) in [5.74, 6) is 0. The van der Waals surface area contributed by atoms with Gasteiger partial charge in [-0.2, -0.15) is 0 Å². The highest BCUT2D eigenvalue weighted by atomic mass is 35.5. The maximum Gasteiger partial charge on any atom is 0.0839 e. The van der Waals surface area contributed by atoms with Crippen LogP contribution in [0, 0.1) is 6.20 Å². The number of para-hydroxylation sites is 1. The summed E-state index contributed by atoms with van der Waals surface area (Å²) < 4.78 is 1.47. The second-order valence-electron chi connectivity index (χ2n) is 2.11. The van der Waals surface area contributed by atoms with E-state index in [-0.39, 0.29) is 0 Å². The zero-order chi connectivity index (χ0) is 6.97. The van der Waals surface area contributed by atoms with Crippen molar-refractivity contribution in [3.8, 4) is 0 Å². The van der Waals surface area contributed by atoms with Crippen LogP contribution in [0.3, 0.4) is 0 Å². The fraction of sp³-hybridized carbons (Fsp3) is 0. The van der Waals surface area contributed by atoms with Crippen molar-refractivity contribution in [3.63, 3.8) is 0 Å². The molecule has 1 aromatic carbocycles. The van der Waals surface area contributed by atoms with Gasteiger partial charge in [0.25, 0.3) is 0 Å². The van der Waals surface area contributed by atoms with Gasteiger partial charge in [-0.05, 0) is 12.1 Å². The molecule has 0 atom stereocenters. The van der Waals surface area contributed by atoms with Gasteiger partial charge in [-0.1, -0.05) is 18.2 Å². The van der Waals surface area contributed by atoms with E-state index in [9.17, 15) is 0 Å². The molecule has 2 heteroatoms. The van der Waals surface area contributed by atoms with Gasteiger partial charge in [0, 0.05) is 17.2 Å². The van der Waals surface area contributed by atoms with Crippen LogP contribution in [0.15, 0.2) is 30.3 Å². The van der Waals surface area contributed by atoms with Crippen molar-refractivity contribution >= 4 is 22.7 Å². The van der Waals surface area contributed by atoms with Crippen molar-refractivity contribution in [2.45, 2.75) is 0 Å². The van der Waals surface area contributed by atoms with Gasteiger partial charge in [-0.3, -0.25) is 4.09 Å². The summed E-state index contributed by atoms with van der Waals surface area (Å²) in [4.78, 5) is 0. The number of fused-ring (bicyclic) bond motifs is 1.